The Morgan fingerprint density at radius 3 is 2.93 bits per heavy atom. The molecule has 1 aliphatic heterocycles. The molecule has 1 N–H and O–H groups in total. The molecule has 74 valence electrons. The molecule has 0 aromatic heterocycles. The number of hydrogen-bond acceptors (Lipinski definition) is 3. The number of aliphatic hydroxyl groups excluding tert-OH is 1. The molecule has 0 radical (unpaired) electrons. The Balaban J connectivity index is 2.11. The van der Waals surface area contributed by atoms with Gasteiger partial charge in [-0.3, -0.25) is 4.79 Å². The van der Waals surface area contributed by atoms with E-state index in [9.17, 15) is 4.79 Å². The van der Waals surface area contributed by atoms with Gasteiger partial charge in [0.2, 0.25) is 0 Å². The number of fused-ring (bicyclic) bond motifs is 1. The van der Waals surface area contributed by atoms with Gasteiger partial charge in [0.25, 0.3) is 0 Å². The zero-order valence-electron chi connectivity index (χ0n) is 7.88. The summed E-state index contributed by atoms with van der Waals surface area (Å²) in [6.07, 6.45) is 4.98. The van der Waals surface area contributed by atoms with Crippen LogP contribution in [0.15, 0.2) is 22.8 Å². The predicted molar refractivity (Wildman–Crippen MR) is 49.7 cm³/mol. The van der Waals surface area contributed by atoms with Crippen molar-refractivity contribution >= 4 is 5.78 Å². The highest BCUT2D eigenvalue weighted by Crippen LogP contribution is 2.48. The number of epoxide rings is 1. The van der Waals surface area contributed by atoms with Crippen molar-refractivity contribution in [2.45, 2.75) is 24.9 Å². The molecular weight excluding hydrogens is 180 g/mol. The topological polar surface area (TPSA) is 49.8 Å². The maximum Gasteiger partial charge on any atom is 0.199 e. The summed E-state index contributed by atoms with van der Waals surface area (Å²) in [6.45, 7) is 0.350. The van der Waals surface area contributed by atoms with Crippen LogP contribution in [0.1, 0.15) is 19.3 Å². The fourth-order valence-corrected chi connectivity index (χ4v) is 2.55. The second kappa shape index (κ2) is 2.55. The smallest absolute Gasteiger partial charge is 0.199 e. The summed E-state index contributed by atoms with van der Waals surface area (Å²) in [5, 5.41) is 9.07. The highest BCUT2D eigenvalue weighted by Gasteiger charge is 2.58. The molecule has 0 aromatic carbocycles. The molecule has 0 amide bonds. The SMILES string of the molecule is O=C1C(CO)=CC2=C(CCC2)C12CO2. The van der Waals surface area contributed by atoms with Crippen molar-refractivity contribution in [1.29, 1.82) is 0 Å². The van der Waals surface area contributed by atoms with Crippen LogP contribution in [0.5, 0.6) is 0 Å². The number of carbonyl (C=O) groups is 1. The van der Waals surface area contributed by atoms with Crippen LogP contribution in [0.3, 0.4) is 0 Å². The van der Waals surface area contributed by atoms with E-state index in [1.54, 1.807) is 0 Å². The fraction of sp³-hybridized carbons (Fsp3) is 0.545. The summed E-state index contributed by atoms with van der Waals surface area (Å²) < 4.78 is 5.34. The summed E-state index contributed by atoms with van der Waals surface area (Å²) >= 11 is 0. The van der Waals surface area contributed by atoms with Crippen molar-refractivity contribution in [3.05, 3.63) is 22.8 Å². The lowest BCUT2D eigenvalue weighted by Crippen LogP contribution is -2.32. The van der Waals surface area contributed by atoms with E-state index in [-0.39, 0.29) is 12.4 Å². The Labute approximate surface area is 82.1 Å². The summed E-state index contributed by atoms with van der Waals surface area (Å²) in [6, 6.07) is 0. The first-order valence-electron chi connectivity index (χ1n) is 5.00. The molecule has 2 aliphatic carbocycles. The standard InChI is InChI=1S/C11H12O3/c12-5-8-4-7-2-1-3-9(7)11(6-14-11)10(8)13/h4,12H,1-3,5-6H2. The van der Waals surface area contributed by atoms with Gasteiger partial charge in [-0.2, -0.15) is 0 Å². The lowest BCUT2D eigenvalue weighted by molar-refractivity contribution is -0.119. The second-order valence-corrected chi connectivity index (χ2v) is 4.13. The molecule has 3 heteroatoms. The van der Waals surface area contributed by atoms with E-state index in [0.29, 0.717) is 12.2 Å². The van der Waals surface area contributed by atoms with Gasteiger partial charge in [0.05, 0.1) is 13.2 Å². The van der Waals surface area contributed by atoms with Crippen LogP contribution in [0.4, 0.5) is 0 Å². The Morgan fingerprint density at radius 2 is 2.29 bits per heavy atom. The first kappa shape index (κ1) is 8.38. The maximum absolute atomic E-state index is 11.9. The van der Waals surface area contributed by atoms with Crippen LogP contribution in [-0.2, 0) is 9.53 Å². The molecule has 14 heavy (non-hydrogen) atoms. The van der Waals surface area contributed by atoms with Crippen LogP contribution in [-0.4, -0.2) is 29.7 Å². The van der Waals surface area contributed by atoms with Gasteiger partial charge in [0, 0.05) is 5.57 Å². The zero-order chi connectivity index (χ0) is 9.76. The summed E-state index contributed by atoms with van der Waals surface area (Å²) in [5.74, 6) is -0.0133. The van der Waals surface area contributed by atoms with Gasteiger partial charge in [-0.05, 0) is 36.5 Å². The molecule has 0 bridgehead atoms. The summed E-state index contributed by atoms with van der Waals surface area (Å²) in [5.41, 5.74) is 2.30. The Hall–Kier alpha value is -0.930. The Morgan fingerprint density at radius 1 is 1.50 bits per heavy atom. The van der Waals surface area contributed by atoms with Gasteiger partial charge in [0.15, 0.2) is 11.4 Å². The molecule has 1 fully saturated rings. The van der Waals surface area contributed by atoms with E-state index >= 15 is 0 Å². The van der Waals surface area contributed by atoms with E-state index in [0.717, 1.165) is 19.3 Å². The van der Waals surface area contributed by atoms with Crippen molar-refractivity contribution in [1.82, 2.24) is 0 Å². The minimum Gasteiger partial charge on any atom is -0.392 e. The monoisotopic (exact) mass is 192 g/mol. The van der Waals surface area contributed by atoms with Crippen molar-refractivity contribution in [3.63, 3.8) is 0 Å². The molecule has 1 heterocycles. The van der Waals surface area contributed by atoms with Crippen molar-refractivity contribution < 1.29 is 14.6 Å². The molecule has 3 nitrogen and oxygen atoms in total. The first-order valence-corrected chi connectivity index (χ1v) is 5.00. The number of hydrogen-bond donors (Lipinski definition) is 1. The maximum atomic E-state index is 11.9. The molecule has 3 aliphatic rings. The lowest BCUT2D eigenvalue weighted by atomic mass is 9.83. The zero-order valence-corrected chi connectivity index (χ0v) is 7.88. The van der Waals surface area contributed by atoms with Gasteiger partial charge in [0.1, 0.15) is 0 Å². The molecule has 1 atom stereocenters. The van der Waals surface area contributed by atoms with E-state index in [1.807, 2.05) is 6.08 Å². The molecule has 0 saturated carbocycles. The van der Waals surface area contributed by atoms with E-state index in [2.05, 4.69) is 0 Å². The number of Topliss-reactive ketones (excluding diaryl/α,β-unsaturated/α-hetero) is 1. The molecule has 1 spiro atoms. The quantitative estimate of drug-likeness (QED) is 0.623. The van der Waals surface area contributed by atoms with E-state index in [4.69, 9.17) is 9.84 Å². The Bertz CT molecular complexity index is 372. The van der Waals surface area contributed by atoms with Crippen molar-refractivity contribution in [2.75, 3.05) is 13.2 Å². The number of aliphatic hydroxyl groups is 1. The molecule has 3 rings (SSSR count). The van der Waals surface area contributed by atoms with Crippen molar-refractivity contribution in [2.24, 2.45) is 0 Å². The van der Waals surface area contributed by atoms with Crippen LogP contribution < -0.4 is 0 Å². The summed E-state index contributed by atoms with van der Waals surface area (Å²) in [7, 11) is 0. The number of carbonyl (C=O) groups excluding carboxylic acids is 1. The highest BCUT2D eigenvalue weighted by atomic mass is 16.6. The van der Waals surface area contributed by atoms with Crippen LogP contribution in [0.2, 0.25) is 0 Å². The van der Waals surface area contributed by atoms with Gasteiger partial charge in [-0.25, -0.2) is 0 Å². The van der Waals surface area contributed by atoms with Gasteiger partial charge < -0.3 is 9.84 Å². The van der Waals surface area contributed by atoms with Crippen molar-refractivity contribution in [3.8, 4) is 0 Å². The number of ether oxygens (including phenoxy) is 1. The van der Waals surface area contributed by atoms with E-state index < -0.39 is 5.60 Å². The number of allylic oxidation sites excluding steroid dienone is 2. The largest absolute Gasteiger partial charge is 0.392 e. The third kappa shape index (κ3) is 0.863. The highest BCUT2D eigenvalue weighted by molar-refractivity contribution is 6.08. The minimum atomic E-state index is -0.626. The summed E-state index contributed by atoms with van der Waals surface area (Å²) in [4.78, 5) is 11.9. The molecule has 0 aromatic rings. The molecule has 1 saturated heterocycles. The molecular formula is C11H12O3. The first-order chi connectivity index (χ1) is 6.78. The normalized spacial score (nSPS) is 34.9. The van der Waals surface area contributed by atoms with Gasteiger partial charge in [-0.15, -0.1) is 0 Å². The van der Waals surface area contributed by atoms with Crippen LogP contribution in [0.25, 0.3) is 0 Å². The number of ketones is 1. The fourth-order valence-electron chi connectivity index (χ4n) is 2.55. The van der Waals surface area contributed by atoms with Crippen LogP contribution in [0, 0.1) is 0 Å². The average Bonchev–Trinajstić information content (AvgIpc) is 2.85. The predicted octanol–water partition coefficient (Wildman–Crippen LogP) is 0.737. The third-order valence-corrected chi connectivity index (χ3v) is 3.36. The van der Waals surface area contributed by atoms with Gasteiger partial charge in [-0.1, -0.05) is 0 Å². The Kier molecular flexibility index (Phi) is 1.53. The third-order valence-electron chi connectivity index (χ3n) is 3.36. The molecule has 1 unspecified atom stereocenters. The van der Waals surface area contributed by atoms with Gasteiger partial charge >= 0.3 is 0 Å². The average molecular weight is 192 g/mol. The van der Waals surface area contributed by atoms with Crippen LogP contribution >= 0.6 is 0 Å². The van der Waals surface area contributed by atoms with E-state index in [1.165, 1.54) is 11.1 Å². The lowest BCUT2D eigenvalue weighted by Gasteiger charge is -2.19. The second-order valence-electron chi connectivity index (χ2n) is 4.13. The number of rotatable bonds is 1. The minimum absolute atomic E-state index is 0.0133.